The number of amidine groups is 1. The third kappa shape index (κ3) is 3.19. The standard InChI is InChI=1S/C8H19N3O/c1-3-7(8(9)10)11(4-2)5-6-12/h7,12H,3-6H2,1-2H3,(H3,9,10). The molecule has 1 atom stereocenters. The Balaban J connectivity index is 4.12. The van der Waals surface area contributed by atoms with E-state index in [-0.39, 0.29) is 18.5 Å². The molecule has 0 amide bonds. The minimum Gasteiger partial charge on any atom is -0.395 e. The van der Waals surface area contributed by atoms with Crippen LogP contribution in [0.3, 0.4) is 0 Å². The average Bonchev–Trinajstić information content (AvgIpc) is 2.03. The van der Waals surface area contributed by atoms with Crippen molar-refractivity contribution in [2.24, 2.45) is 5.73 Å². The molecule has 0 rings (SSSR count). The van der Waals surface area contributed by atoms with Crippen LogP contribution in [0.5, 0.6) is 0 Å². The van der Waals surface area contributed by atoms with Gasteiger partial charge in [0.2, 0.25) is 0 Å². The quantitative estimate of drug-likeness (QED) is 0.391. The number of hydrogen-bond acceptors (Lipinski definition) is 3. The maximum Gasteiger partial charge on any atom is 0.108 e. The molecule has 0 saturated heterocycles. The highest BCUT2D eigenvalue weighted by Crippen LogP contribution is 2.02. The van der Waals surface area contributed by atoms with Crippen molar-refractivity contribution in [3.8, 4) is 0 Å². The van der Waals surface area contributed by atoms with Gasteiger partial charge in [-0.2, -0.15) is 0 Å². The van der Waals surface area contributed by atoms with E-state index in [4.69, 9.17) is 16.2 Å². The van der Waals surface area contributed by atoms with Gasteiger partial charge in [-0.3, -0.25) is 10.3 Å². The van der Waals surface area contributed by atoms with Crippen molar-refractivity contribution in [3.05, 3.63) is 0 Å². The summed E-state index contributed by atoms with van der Waals surface area (Å²) in [4.78, 5) is 2.00. The van der Waals surface area contributed by atoms with Crippen molar-refractivity contribution >= 4 is 5.84 Å². The Kier molecular flexibility index (Phi) is 5.66. The van der Waals surface area contributed by atoms with Crippen LogP contribution in [0.1, 0.15) is 20.3 Å². The molecular weight excluding hydrogens is 154 g/mol. The van der Waals surface area contributed by atoms with E-state index in [1.165, 1.54) is 0 Å². The summed E-state index contributed by atoms with van der Waals surface area (Å²) >= 11 is 0. The summed E-state index contributed by atoms with van der Waals surface area (Å²) in [6.07, 6.45) is 0.823. The van der Waals surface area contributed by atoms with Gasteiger partial charge >= 0.3 is 0 Å². The van der Waals surface area contributed by atoms with E-state index >= 15 is 0 Å². The predicted octanol–water partition coefficient (Wildman–Crippen LogP) is 0.0152. The Bertz CT molecular complexity index is 138. The number of aliphatic hydroxyl groups is 1. The van der Waals surface area contributed by atoms with Crippen molar-refractivity contribution < 1.29 is 5.11 Å². The van der Waals surface area contributed by atoms with Gasteiger partial charge in [0.05, 0.1) is 12.6 Å². The molecule has 1 unspecified atom stereocenters. The molecule has 0 aromatic rings. The minimum absolute atomic E-state index is 0.0119. The topological polar surface area (TPSA) is 73.3 Å². The molecule has 12 heavy (non-hydrogen) atoms. The first-order valence-corrected chi connectivity index (χ1v) is 4.36. The van der Waals surface area contributed by atoms with Gasteiger partial charge in [0, 0.05) is 6.54 Å². The zero-order chi connectivity index (χ0) is 9.56. The lowest BCUT2D eigenvalue weighted by atomic mass is 10.1. The number of likely N-dealkylation sites (N-methyl/N-ethyl adjacent to an activating group) is 1. The van der Waals surface area contributed by atoms with Crippen LogP contribution in [-0.2, 0) is 0 Å². The maximum absolute atomic E-state index is 8.74. The van der Waals surface area contributed by atoms with E-state index in [1.807, 2.05) is 18.7 Å². The molecule has 4 nitrogen and oxygen atoms in total. The fraction of sp³-hybridized carbons (Fsp3) is 0.875. The monoisotopic (exact) mass is 173 g/mol. The van der Waals surface area contributed by atoms with Crippen LogP contribution in [0.15, 0.2) is 0 Å². The van der Waals surface area contributed by atoms with Gasteiger partial charge in [-0.25, -0.2) is 0 Å². The molecule has 0 radical (unpaired) electrons. The lowest BCUT2D eigenvalue weighted by Gasteiger charge is -2.27. The van der Waals surface area contributed by atoms with E-state index in [2.05, 4.69) is 0 Å². The highest BCUT2D eigenvalue weighted by Gasteiger charge is 2.16. The summed E-state index contributed by atoms with van der Waals surface area (Å²) < 4.78 is 0. The Hall–Kier alpha value is -0.610. The first kappa shape index (κ1) is 11.4. The van der Waals surface area contributed by atoms with Crippen LogP contribution in [0.2, 0.25) is 0 Å². The first-order chi connectivity index (χ1) is 5.67. The van der Waals surface area contributed by atoms with Crippen LogP contribution in [-0.4, -0.2) is 41.6 Å². The largest absolute Gasteiger partial charge is 0.395 e. The Morgan fingerprint density at radius 3 is 2.42 bits per heavy atom. The summed E-state index contributed by atoms with van der Waals surface area (Å²) in [5.41, 5.74) is 5.41. The van der Waals surface area contributed by atoms with Crippen LogP contribution in [0.25, 0.3) is 0 Å². The van der Waals surface area contributed by atoms with Crippen LogP contribution in [0.4, 0.5) is 0 Å². The molecule has 0 spiro atoms. The van der Waals surface area contributed by atoms with E-state index in [0.29, 0.717) is 6.54 Å². The Labute approximate surface area is 73.9 Å². The van der Waals surface area contributed by atoms with Crippen molar-refractivity contribution in [3.63, 3.8) is 0 Å². The lowest BCUT2D eigenvalue weighted by Crippen LogP contribution is -2.45. The molecule has 0 bridgehead atoms. The summed E-state index contributed by atoms with van der Waals surface area (Å²) in [7, 11) is 0. The zero-order valence-electron chi connectivity index (χ0n) is 7.88. The van der Waals surface area contributed by atoms with Gasteiger partial charge in [0.25, 0.3) is 0 Å². The Morgan fingerprint density at radius 2 is 2.17 bits per heavy atom. The van der Waals surface area contributed by atoms with E-state index < -0.39 is 0 Å². The number of rotatable bonds is 6. The number of nitrogens with two attached hydrogens (primary N) is 1. The number of aliphatic hydroxyl groups excluding tert-OH is 1. The second kappa shape index (κ2) is 5.97. The molecule has 4 N–H and O–H groups in total. The fourth-order valence-corrected chi connectivity index (χ4v) is 1.34. The van der Waals surface area contributed by atoms with Crippen molar-refractivity contribution in [2.75, 3.05) is 19.7 Å². The normalized spacial score (nSPS) is 13.3. The summed E-state index contributed by atoms with van der Waals surface area (Å²) in [6.45, 7) is 5.53. The van der Waals surface area contributed by atoms with E-state index in [0.717, 1.165) is 13.0 Å². The van der Waals surface area contributed by atoms with Gasteiger partial charge in [0.15, 0.2) is 0 Å². The smallest absolute Gasteiger partial charge is 0.108 e. The SMILES string of the molecule is CCC(C(=N)N)N(CC)CCO. The van der Waals surface area contributed by atoms with Crippen LogP contribution < -0.4 is 5.73 Å². The van der Waals surface area contributed by atoms with Crippen LogP contribution >= 0.6 is 0 Å². The van der Waals surface area contributed by atoms with Crippen LogP contribution in [0, 0.1) is 5.41 Å². The second-order valence-electron chi connectivity index (χ2n) is 2.73. The third-order valence-corrected chi connectivity index (χ3v) is 1.98. The van der Waals surface area contributed by atoms with E-state index in [1.54, 1.807) is 0 Å². The summed E-state index contributed by atoms with van der Waals surface area (Å²) in [5, 5.41) is 16.1. The van der Waals surface area contributed by atoms with Crippen molar-refractivity contribution in [2.45, 2.75) is 26.3 Å². The molecule has 0 aromatic carbocycles. The molecular formula is C8H19N3O. The molecule has 0 fully saturated rings. The highest BCUT2D eigenvalue weighted by atomic mass is 16.3. The van der Waals surface area contributed by atoms with Gasteiger partial charge in [-0.15, -0.1) is 0 Å². The molecule has 0 aromatic heterocycles. The number of nitrogens with zero attached hydrogens (tertiary/aromatic N) is 1. The second-order valence-corrected chi connectivity index (χ2v) is 2.73. The molecule has 0 heterocycles. The minimum atomic E-state index is -0.0119. The predicted molar refractivity (Wildman–Crippen MR) is 50.3 cm³/mol. The summed E-state index contributed by atoms with van der Waals surface area (Å²) in [6, 6.07) is -0.0119. The molecule has 0 aliphatic rings. The van der Waals surface area contributed by atoms with Gasteiger partial charge < -0.3 is 10.8 Å². The molecule has 0 saturated carbocycles. The highest BCUT2D eigenvalue weighted by molar-refractivity contribution is 5.82. The van der Waals surface area contributed by atoms with Gasteiger partial charge in [-0.05, 0) is 13.0 Å². The van der Waals surface area contributed by atoms with E-state index in [9.17, 15) is 0 Å². The first-order valence-electron chi connectivity index (χ1n) is 4.36. The molecule has 4 heteroatoms. The molecule has 0 aliphatic carbocycles. The van der Waals surface area contributed by atoms with Gasteiger partial charge in [-0.1, -0.05) is 13.8 Å². The zero-order valence-corrected chi connectivity index (χ0v) is 7.88. The third-order valence-electron chi connectivity index (χ3n) is 1.98. The summed E-state index contributed by atoms with van der Waals surface area (Å²) in [5.74, 6) is 0.188. The number of nitrogens with one attached hydrogen (secondary N) is 1. The Morgan fingerprint density at radius 1 is 1.58 bits per heavy atom. The lowest BCUT2D eigenvalue weighted by molar-refractivity contribution is 0.181. The maximum atomic E-state index is 8.74. The van der Waals surface area contributed by atoms with Gasteiger partial charge in [0.1, 0.15) is 5.84 Å². The molecule has 0 aliphatic heterocycles. The van der Waals surface area contributed by atoms with Crippen molar-refractivity contribution in [1.82, 2.24) is 4.90 Å². The molecule has 72 valence electrons. The fourth-order valence-electron chi connectivity index (χ4n) is 1.34. The average molecular weight is 173 g/mol. The van der Waals surface area contributed by atoms with Crippen molar-refractivity contribution in [1.29, 1.82) is 5.41 Å². The number of hydrogen-bond donors (Lipinski definition) is 3.